The van der Waals surface area contributed by atoms with Crippen LogP contribution in [0.1, 0.15) is 31.0 Å². The molecule has 1 N–H and O–H groups in total. The fourth-order valence-corrected chi connectivity index (χ4v) is 4.04. The zero-order chi connectivity index (χ0) is 24.8. The van der Waals surface area contributed by atoms with Crippen LogP contribution in [0.2, 0.25) is 0 Å². The van der Waals surface area contributed by atoms with E-state index in [9.17, 15) is 27.2 Å². The van der Waals surface area contributed by atoms with Crippen LogP contribution < -0.4 is 21.4 Å². The molecule has 2 atom stereocenters. The van der Waals surface area contributed by atoms with Crippen LogP contribution >= 0.6 is 0 Å². The van der Waals surface area contributed by atoms with Gasteiger partial charge in [-0.25, -0.2) is 13.7 Å². The van der Waals surface area contributed by atoms with Crippen molar-refractivity contribution in [2.75, 3.05) is 30.1 Å². The van der Waals surface area contributed by atoms with E-state index in [0.29, 0.717) is 25.8 Å². The molecule has 0 bridgehead atoms. The summed E-state index contributed by atoms with van der Waals surface area (Å²) in [6.45, 7) is 4.64. The molecule has 0 unspecified atom stereocenters. The van der Waals surface area contributed by atoms with Crippen LogP contribution in [0, 0.1) is 5.82 Å². The Hall–Kier alpha value is -3.41. The van der Waals surface area contributed by atoms with Gasteiger partial charge in [0.15, 0.2) is 5.82 Å². The molecule has 2 aromatic heterocycles. The van der Waals surface area contributed by atoms with Crippen molar-refractivity contribution < 1.29 is 22.3 Å². The standard InChI is InChI=1S/C22H23F4N5O3/c1-12-11-34-8-7-30(12)31-10-16-15(9-18(31)32)21(33)29(3)28-20(16)27-13(2)14-5-4-6-17(19(14)23)22(24,25)26/h4-6,9-10,12-13H,7-8,11H2,1-3H3,(H,27,28)/t12-,13-/m1/s1. The summed E-state index contributed by atoms with van der Waals surface area (Å²) in [7, 11) is 1.39. The summed E-state index contributed by atoms with van der Waals surface area (Å²) < 4.78 is 62.0. The van der Waals surface area contributed by atoms with E-state index in [-0.39, 0.29) is 28.2 Å². The second kappa shape index (κ2) is 8.75. The molecule has 0 spiro atoms. The van der Waals surface area contributed by atoms with Gasteiger partial charge in [0.25, 0.3) is 11.1 Å². The van der Waals surface area contributed by atoms with Crippen molar-refractivity contribution in [3.05, 3.63) is 68.1 Å². The van der Waals surface area contributed by atoms with Gasteiger partial charge < -0.3 is 15.1 Å². The summed E-state index contributed by atoms with van der Waals surface area (Å²) >= 11 is 0. The molecule has 4 rings (SSSR count). The van der Waals surface area contributed by atoms with Gasteiger partial charge >= 0.3 is 6.18 Å². The Morgan fingerprint density at radius 1 is 1.24 bits per heavy atom. The lowest BCUT2D eigenvalue weighted by atomic mass is 10.0. The quantitative estimate of drug-likeness (QED) is 0.578. The minimum atomic E-state index is -4.84. The number of fused-ring (bicyclic) bond motifs is 1. The van der Waals surface area contributed by atoms with Crippen LogP contribution in [0.5, 0.6) is 0 Å². The van der Waals surface area contributed by atoms with E-state index < -0.39 is 34.7 Å². The number of benzene rings is 1. The Labute approximate surface area is 191 Å². The third kappa shape index (κ3) is 4.25. The lowest BCUT2D eigenvalue weighted by Gasteiger charge is -2.36. The van der Waals surface area contributed by atoms with E-state index >= 15 is 0 Å². The number of nitrogens with zero attached hydrogens (tertiary/aromatic N) is 4. The zero-order valence-corrected chi connectivity index (χ0v) is 18.7. The van der Waals surface area contributed by atoms with Crippen LogP contribution in [0.4, 0.5) is 23.4 Å². The van der Waals surface area contributed by atoms with Crippen LogP contribution in [0.25, 0.3) is 10.8 Å². The van der Waals surface area contributed by atoms with Gasteiger partial charge in [-0.05, 0) is 19.9 Å². The third-order valence-electron chi connectivity index (χ3n) is 5.83. The summed E-state index contributed by atoms with van der Waals surface area (Å²) in [5, 5.41) is 9.26. The number of alkyl halides is 3. The van der Waals surface area contributed by atoms with Gasteiger partial charge in [-0.15, -0.1) is 0 Å². The molecular formula is C22H23F4N5O3. The predicted octanol–water partition coefficient (Wildman–Crippen LogP) is 2.78. The smallest absolute Gasteiger partial charge is 0.377 e. The second-order valence-corrected chi connectivity index (χ2v) is 8.22. The van der Waals surface area contributed by atoms with E-state index in [1.165, 1.54) is 37.0 Å². The summed E-state index contributed by atoms with van der Waals surface area (Å²) in [5.74, 6) is -1.26. The van der Waals surface area contributed by atoms with Crippen molar-refractivity contribution in [1.82, 2.24) is 14.5 Å². The summed E-state index contributed by atoms with van der Waals surface area (Å²) in [5.41, 5.74) is -2.52. The largest absolute Gasteiger partial charge is 0.419 e. The van der Waals surface area contributed by atoms with E-state index in [0.717, 1.165) is 10.7 Å². The molecule has 0 aliphatic carbocycles. The van der Waals surface area contributed by atoms with Gasteiger partial charge in [0.1, 0.15) is 5.82 Å². The number of rotatable bonds is 4. The van der Waals surface area contributed by atoms with Gasteiger partial charge in [-0.2, -0.15) is 18.3 Å². The average molecular weight is 481 g/mol. The van der Waals surface area contributed by atoms with Crippen molar-refractivity contribution in [2.45, 2.75) is 32.1 Å². The second-order valence-electron chi connectivity index (χ2n) is 8.22. The SMILES string of the molecule is C[C@@H]1COCCN1n1cc2c(N[C@H](C)c3cccc(C(F)(F)F)c3F)nn(C)c(=O)c2cc1=O. The van der Waals surface area contributed by atoms with Gasteiger partial charge in [0.2, 0.25) is 0 Å². The van der Waals surface area contributed by atoms with E-state index in [1.54, 1.807) is 5.01 Å². The van der Waals surface area contributed by atoms with E-state index in [4.69, 9.17) is 4.74 Å². The molecule has 34 heavy (non-hydrogen) atoms. The maximum absolute atomic E-state index is 14.7. The fourth-order valence-electron chi connectivity index (χ4n) is 4.04. The average Bonchev–Trinajstić information content (AvgIpc) is 2.77. The molecule has 1 fully saturated rings. The molecule has 1 aliphatic heterocycles. The topological polar surface area (TPSA) is 81.4 Å². The van der Waals surface area contributed by atoms with Gasteiger partial charge in [0, 0.05) is 24.9 Å². The highest BCUT2D eigenvalue weighted by Crippen LogP contribution is 2.34. The maximum Gasteiger partial charge on any atom is 0.419 e. The first kappa shape index (κ1) is 23.7. The van der Waals surface area contributed by atoms with Crippen molar-refractivity contribution in [2.24, 2.45) is 7.05 Å². The number of aryl methyl sites for hydroxylation is 1. The number of morpholine rings is 1. The third-order valence-corrected chi connectivity index (χ3v) is 5.83. The Kier molecular flexibility index (Phi) is 6.11. The number of aromatic nitrogens is 3. The van der Waals surface area contributed by atoms with Gasteiger partial charge in [-0.3, -0.25) is 9.59 Å². The van der Waals surface area contributed by atoms with Crippen LogP contribution in [-0.4, -0.2) is 40.3 Å². The summed E-state index contributed by atoms with van der Waals surface area (Å²) in [6, 6.07) is 3.20. The molecule has 3 aromatic rings. The highest BCUT2D eigenvalue weighted by molar-refractivity contribution is 5.90. The van der Waals surface area contributed by atoms with Crippen molar-refractivity contribution in [3.63, 3.8) is 0 Å². The lowest BCUT2D eigenvalue weighted by Crippen LogP contribution is -2.53. The molecule has 1 aromatic carbocycles. The molecule has 8 nitrogen and oxygen atoms in total. The molecule has 0 saturated carbocycles. The first-order chi connectivity index (χ1) is 16.0. The lowest BCUT2D eigenvalue weighted by molar-refractivity contribution is -0.140. The van der Waals surface area contributed by atoms with Crippen molar-refractivity contribution >= 4 is 16.6 Å². The van der Waals surface area contributed by atoms with E-state index in [2.05, 4.69) is 10.4 Å². The Bertz CT molecular complexity index is 1350. The van der Waals surface area contributed by atoms with Crippen LogP contribution in [-0.2, 0) is 18.0 Å². The first-order valence-electron chi connectivity index (χ1n) is 10.6. The molecule has 0 radical (unpaired) electrons. The van der Waals surface area contributed by atoms with Crippen molar-refractivity contribution in [1.29, 1.82) is 0 Å². The number of pyridine rings is 1. The van der Waals surface area contributed by atoms with Gasteiger partial charge in [0.05, 0.1) is 48.2 Å². The molecule has 3 heterocycles. The Morgan fingerprint density at radius 2 is 1.97 bits per heavy atom. The summed E-state index contributed by atoms with van der Waals surface area (Å²) in [4.78, 5) is 25.5. The zero-order valence-electron chi connectivity index (χ0n) is 18.7. The monoisotopic (exact) mass is 481 g/mol. The normalized spacial score (nSPS) is 17.7. The highest BCUT2D eigenvalue weighted by atomic mass is 19.4. The Morgan fingerprint density at radius 3 is 2.65 bits per heavy atom. The molecule has 12 heteroatoms. The predicted molar refractivity (Wildman–Crippen MR) is 118 cm³/mol. The molecule has 182 valence electrons. The number of anilines is 1. The maximum atomic E-state index is 14.7. The van der Waals surface area contributed by atoms with Crippen molar-refractivity contribution in [3.8, 4) is 0 Å². The Balaban J connectivity index is 1.81. The number of hydrogen-bond acceptors (Lipinski definition) is 6. The van der Waals surface area contributed by atoms with Crippen LogP contribution in [0.15, 0.2) is 40.1 Å². The molecule has 1 aliphatic rings. The van der Waals surface area contributed by atoms with Crippen LogP contribution in [0.3, 0.4) is 0 Å². The highest BCUT2D eigenvalue weighted by Gasteiger charge is 2.35. The minimum Gasteiger partial charge on any atom is -0.377 e. The van der Waals surface area contributed by atoms with Gasteiger partial charge in [-0.1, -0.05) is 12.1 Å². The molecule has 0 amide bonds. The number of nitrogens with one attached hydrogen (secondary N) is 1. The number of hydrogen-bond donors (Lipinski definition) is 1. The molecule has 1 saturated heterocycles. The van der Waals surface area contributed by atoms with E-state index in [1.807, 2.05) is 6.92 Å². The fraction of sp³-hybridized carbons (Fsp3) is 0.409. The first-order valence-corrected chi connectivity index (χ1v) is 10.6. The minimum absolute atomic E-state index is 0.0823. The molecular weight excluding hydrogens is 458 g/mol. The summed E-state index contributed by atoms with van der Waals surface area (Å²) in [6.07, 6.45) is -3.38. The number of ether oxygens (including phenoxy) is 1. The number of halogens is 4.